The molecule has 0 spiro atoms. The molecule has 1 aromatic carbocycles. The lowest BCUT2D eigenvalue weighted by atomic mass is 10.0. The number of esters is 1. The Balaban J connectivity index is 1.88. The minimum Gasteiger partial charge on any atom is -0.465 e. The van der Waals surface area contributed by atoms with Crippen molar-refractivity contribution in [3.8, 4) is 0 Å². The van der Waals surface area contributed by atoms with Crippen LogP contribution in [0.3, 0.4) is 0 Å². The van der Waals surface area contributed by atoms with Gasteiger partial charge in [-0.1, -0.05) is 53.8 Å². The molecule has 30 heavy (non-hydrogen) atoms. The van der Waals surface area contributed by atoms with Gasteiger partial charge in [0.05, 0.1) is 34.7 Å². The molecule has 0 saturated carbocycles. The Morgan fingerprint density at radius 3 is 2.77 bits per heavy atom. The number of nitrogens with zero attached hydrogens (tertiary/aromatic N) is 2. The second-order valence-corrected chi connectivity index (χ2v) is 7.64. The Bertz CT molecular complexity index is 1300. The highest BCUT2D eigenvalue weighted by Crippen LogP contribution is 2.26. The SMILES string of the molecule is CCOC(=O)C1=C(C)N=c2sc(=Cc3ccco3)c(=O)n2[C@H]1/C=C/c1ccccc1. The predicted molar refractivity (Wildman–Crippen MR) is 115 cm³/mol. The van der Waals surface area contributed by atoms with Gasteiger partial charge in [0, 0.05) is 6.08 Å². The molecule has 152 valence electrons. The van der Waals surface area contributed by atoms with Crippen LogP contribution >= 0.6 is 11.3 Å². The molecule has 0 aliphatic carbocycles. The number of thiazole rings is 1. The molecule has 1 atom stereocenters. The van der Waals surface area contributed by atoms with Crippen LogP contribution in [-0.2, 0) is 9.53 Å². The third-order valence-corrected chi connectivity index (χ3v) is 5.63. The van der Waals surface area contributed by atoms with Crippen molar-refractivity contribution in [1.29, 1.82) is 0 Å². The van der Waals surface area contributed by atoms with Crippen LogP contribution in [0.4, 0.5) is 0 Å². The number of ether oxygens (including phenoxy) is 1. The lowest BCUT2D eigenvalue weighted by Crippen LogP contribution is -2.38. The summed E-state index contributed by atoms with van der Waals surface area (Å²) in [5.74, 6) is 0.111. The number of hydrogen-bond donors (Lipinski definition) is 0. The van der Waals surface area contributed by atoms with Crippen molar-refractivity contribution in [2.45, 2.75) is 19.9 Å². The third-order valence-electron chi connectivity index (χ3n) is 4.65. The number of fused-ring (bicyclic) bond motifs is 1. The number of aromatic nitrogens is 1. The van der Waals surface area contributed by atoms with E-state index in [2.05, 4.69) is 4.99 Å². The lowest BCUT2D eigenvalue weighted by molar-refractivity contribution is -0.139. The van der Waals surface area contributed by atoms with Crippen molar-refractivity contribution >= 4 is 29.5 Å². The Morgan fingerprint density at radius 2 is 2.07 bits per heavy atom. The number of benzene rings is 1. The van der Waals surface area contributed by atoms with E-state index in [-0.39, 0.29) is 12.2 Å². The average Bonchev–Trinajstić information content (AvgIpc) is 3.35. The molecule has 6 nitrogen and oxygen atoms in total. The molecular formula is C23H20N2O4S. The van der Waals surface area contributed by atoms with Gasteiger partial charge in [-0.3, -0.25) is 9.36 Å². The summed E-state index contributed by atoms with van der Waals surface area (Å²) < 4.78 is 12.6. The Hall–Kier alpha value is -3.45. The largest absolute Gasteiger partial charge is 0.465 e. The summed E-state index contributed by atoms with van der Waals surface area (Å²) in [5, 5.41) is 0. The van der Waals surface area contributed by atoms with E-state index in [4.69, 9.17) is 9.15 Å². The first-order valence-electron chi connectivity index (χ1n) is 9.55. The molecule has 0 radical (unpaired) electrons. The maximum atomic E-state index is 13.2. The van der Waals surface area contributed by atoms with Gasteiger partial charge in [-0.15, -0.1) is 0 Å². The third kappa shape index (κ3) is 3.84. The highest BCUT2D eigenvalue weighted by atomic mass is 32.1. The van der Waals surface area contributed by atoms with E-state index in [0.29, 0.717) is 26.4 Å². The minimum atomic E-state index is -0.612. The van der Waals surface area contributed by atoms with Crippen molar-refractivity contribution in [3.05, 3.63) is 97.1 Å². The zero-order valence-corrected chi connectivity index (χ0v) is 17.4. The van der Waals surface area contributed by atoms with Gasteiger partial charge in [-0.05, 0) is 31.5 Å². The summed E-state index contributed by atoms with van der Waals surface area (Å²) in [6, 6.07) is 12.6. The van der Waals surface area contributed by atoms with Gasteiger partial charge in [0.1, 0.15) is 5.76 Å². The molecule has 0 N–H and O–H groups in total. The molecule has 0 fully saturated rings. The number of carbonyl (C=O) groups excluding carboxylic acids is 1. The number of hydrogen-bond acceptors (Lipinski definition) is 6. The van der Waals surface area contributed by atoms with Gasteiger partial charge in [-0.2, -0.15) is 0 Å². The summed E-state index contributed by atoms with van der Waals surface area (Å²) in [7, 11) is 0. The Labute approximate surface area is 176 Å². The van der Waals surface area contributed by atoms with Crippen LogP contribution in [0.5, 0.6) is 0 Å². The number of allylic oxidation sites excluding steroid dienone is 2. The summed E-state index contributed by atoms with van der Waals surface area (Å²) in [5.41, 5.74) is 1.64. The molecule has 1 aliphatic rings. The highest BCUT2D eigenvalue weighted by molar-refractivity contribution is 7.07. The molecule has 0 bridgehead atoms. The van der Waals surface area contributed by atoms with E-state index in [9.17, 15) is 9.59 Å². The number of carbonyl (C=O) groups is 1. The van der Waals surface area contributed by atoms with E-state index in [0.717, 1.165) is 5.56 Å². The van der Waals surface area contributed by atoms with Crippen LogP contribution in [0, 0.1) is 0 Å². The molecule has 0 amide bonds. The van der Waals surface area contributed by atoms with E-state index >= 15 is 0 Å². The summed E-state index contributed by atoms with van der Waals surface area (Å²) in [6.07, 6.45) is 6.98. The van der Waals surface area contributed by atoms with Crippen LogP contribution in [0.1, 0.15) is 31.2 Å². The van der Waals surface area contributed by atoms with Crippen molar-refractivity contribution in [2.24, 2.45) is 4.99 Å². The molecular weight excluding hydrogens is 400 g/mol. The normalized spacial score (nSPS) is 16.6. The van der Waals surface area contributed by atoms with Crippen LogP contribution in [-0.4, -0.2) is 17.1 Å². The quantitative estimate of drug-likeness (QED) is 0.595. The fourth-order valence-electron chi connectivity index (χ4n) is 3.29. The van der Waals surface area contributed by atoms with Crippen LogP contribution in [0.15, 0.2) is 80.3 Å². The maximum Gasteiger partial charge on any atom is 0.338 e. The van der Waals surface area contributed by atoms with Gasteiger partial charge in [0.15, 0.2) is 4.80 Å². The van der Waals surface area contributed by atoms with Gasteiger partial charge in [0.2, 0.25) is 0 Å². The van der Waals surface area contributed by atoms with Gasteiger partial charge >= 0.3 is 5.97 Å². The molecule has 1 aliphatic heterocycles. The molecule has 3 aromatic rings. The minimum absolute atomic E-state index is 0.229. The second-order valence-electron chi connectivity index (χ2n) is 6.63. The first-order valence-corrected chi connectivity index (χ1v) is 10.4. The number of furan rings is 1. The van der Waals surface area contributed by atoms with Crippen molar-refractivity contribution < 1.29 is 13.9 Å². The predicted octanol–water partition coefficient (Wildman–Crippen LogP) is 3.06. The Morgan fingerprint density at radius 1 is 1.27 bits per heavy atom. The van der Waals surface area contributed by atoms with E-state index in [1.165, 1.54) is 15.9 Å². The van der Waals surface area contributed by atoms with Gasteiger partial charge in [-0.25, -0.2) is 9.79 Å². The topological polar surface area (TPSA) is 73.8 Å². The van der Waals surface area contributed by atoms with E-state index < -0.39 is 12.0 Å². The van der Waals surface area contributed by atoms with Crippen molar-refractivity contribution in [2.75, 3.05) is 6.61 Å². The smallest absolute Gasteiger partial charge is 0.338 e. The maximum absolute atomic E-state index is 13.2. The monoisotopic (exact) mass is 420 g/mol. The average molecular weight is 420 g/mol. The first kappa shape index (κ1) is 19.8. The number of rotatable bonds is 5. The van der Waals surface area contributed by atoms with Crippen molar-refractivity contribution in [3.63, 3.8) is 0 Å². The zero-order valence-electron chi connectivity index (χ0n) is 16.6. The fourth-order valence-corrected chi connectivity index (χ4v) is 4.32. The van der Waals surface area contributed by atoms with E-state index in [1.807, 2.05) is 42.5 Å². The highest BCUT2D eigenvalue weighted by Gasteiger charge is 2.30. The fraction of sp³-hybridized carbons (Fsp3) is 0.174. The van der Waals surface area contributed by atoms with Crippen LogP contribution in [0.25, 0.3) is 12.2 Å². The molecule has 4 rings (SSSR count). The molecule has 0 unspecified atom stereocenters. The summed E-state index contributed by atoms with van der Waals surface area (Å²) in [6.45, 7) is 3.76. The first-order chi connectivity index (χ1) is 14.6. The second kappa shape index (κ2) is 8.51. The standard InChI is InChI=1S/C23H20N2O4S/c1-3-28-22(27)20-15(2)24-23-25(18(20)12-11-16-8-5-4-6-9-16)21(26)19(30-23)14-17-10-7-13-29-17/h4-14,18H,3H2,1-2H3/b12-11+,19-14?/t18-/m0/s1. The molecule has 3 heterocycles. The van der Waals surface area contributed by atoms with Gasteiger partial charge < -0.3 is 9.15 Å². The van der Waals surface area contributed by atoms with Crippen LogP contribution < -0.4 is 14.9 Å². The van der Waals surface area contributed by atoms with E-state index in [1.54, 1.807) is 38.3 Å². The zero-order chi connectivity index (χ0) is 21.1. The van der Waals surface area contributed by atoms with Gasteiger partial charge in [0.25, 0.3) is 5.56 Å². The van der Waals surface area contributed by atoms with Crippen LogP contribution in [0.2, 0.25) is 0 Å². The summed E-state index contributed by atoms with van der Waals surface area (Å²) >= 11 is 1.26. The molecule has 2 aromatic heterocycles. The van der Waals surface area contributed by atoms with Crippen molar-refractivity contribution in [1.82, 2.24) is 4.57 Å². The Kier molecular flexibility index (Phi) is 5.63. The molecule has 7 heteroatoms. The summed E-state index contributed by atoms with van der Waals surface area (Å²) in [4.78, 5) is 31.0. The lowest BCUT2D eigenvalue weighted by Gasteiger charge is -2.21. The molecule has 0 saturated heterocycles.